The first-order valence-corrected chi connectivity index (χ1v) is 6.94. The highest BCUT2D eigenvalue weighted by Gasteiger charge is 2.03. The summed E-state index contributed by atoms with van der Waals surface area (Å²) in [6.07, 6.45) is 2.10. The Kier molecular flexibility index (Phi) is 4.10. The van der Waals surface area contributed by atoms with E-state index in [0.29, 0.717) is 6.61 Å². The number of benzene rings is 2. The van der Waals surface area contributed by atoms with E-state index in [2.05, 4.69) is 42.7 Å². The molecule has 0 saturated carbocycles. The number of rotatable bonds is 4. The molecule has 0 aromatic heterocycles. The van der Waals surface area contributed by atoms with E-state index in [1.165, 1.54) is 16.0 Å². The fraction of sp³-hybridized carbons (Fsp3) is 0.200. The van der Waals surface area contributed by atoms with Gasteiger partial charge in [-0.15, -0.1) is 11.8 Å². The van der Waals surface area contributed by atoms with Gasteiger partial charge in [0.15, 0.2) is 0 Å². The minimum Gasteiger partial charge on any atom is -0.494 e. The molecule has 1 nitrogen and oxygen atoms in total. The van der Waals surface area contributed by atoms with Gasteiger partial charge in [0, 0.05) is 4.90 Å². The third kappa shape index (κ3) is 2.83. The van der Waals surface area contributed by atoms with Gasteiger partial charge in [0.25, 0.3) is 0 Å². The van der Waals surface area contributed by atoms with Crippen molar-refractivity contribution in [2.75, 3.05) is 12.9 Å². The van der Waals surface area contributed by atoms with Crippen LogP contribution in [0.25, 0.3) is 11.1 Å². The largest absolute Gasteiger partial charge is 0.494 e. The van der Waals surface area contributed by atoms with Crippen LogP contribution in [0.15, 0.2) is 53.4 Å². The monoisotopic (exact) mass is 244 g/mol. The molecule has 88 valence electrons. The van der Waals surface area contributed by atoms with E-state index >= 15 is 0 Å². The van der Waals surface area contributed by atoms with Crippen LogP contribution in [0.4, 0.5) is 0 Å². The predicted molar refractivity (Wildman–Crippen MR) is 74.8 cm³/mol. The van der Waals surface area contributed by atoms with Crippen LogP contribution in [0.3, 0.4) is 0 Å². The summed E-state index contributed by atoms with van der Waals surface area (Å²) in [6.45, 7) is 2.71. The zero-order valence-electron chi connectivity index (χ0n) is 10.1. The zero-order chi connectivity index (χ0) is 12.1. The lowest BCUT2D eigenvalue weighted by atomic mass is 10.1. The third-order valence-corrected chi connectivity index (χ3v) is 3.38. The average Bonchev–Trinajstić information content (AvgIpc) is 2.40. The highest BCUT2D eigenvalue weighted by atomic mass is 32.2. The Morgan fingerprint density at radius 3 is 2.35 bits per heavy atom. The molecule has 2 aromatic carbocycles. The van der Waals surface area contributed by atoms with E-state index in [4.69, 9.17) is 4.74 Å². The molecule has 0 aliphatic rings. The molecule has 0 aliphatic heterocycles. The first-order valence-electron chi connectivity index (χ1n) is 5.71. The van der Waals surface area contributed by atoms with Gasteiger partial charge in [-0.05, 0) is 42.5 Å². The molecule has 2 aromatic rings. The van der Waals surface area contributed by atoms with E-state index in [0.717, 1.165) is 5.75 Å². The SMILES string of the molecule is CCOc1ccc(-c2ccccc2SC)cc1. The lowest BCUT2D eigenvalue weighted by Gasteiger charge is -2.08. The molecule has 0 bridgehead atoms. The summed E-state index contributed by atoms with van der Waals surface area (Å²) in [6, 6.07) is 16.7. The molecule has 17 heavy (non-hydrogen) atoms. The van der Waals surface area contributed by atoms with Gasteiger partial charge in [0.2, 0.25) is 0 Å². The van der Waals surface area contributed by atoms with Crippen molar-refractivity contribution < 1.29 is 4.74 Å². The second-order valence-corrected chi connectivity index (χ2v) is 4.51. The maximum absolute atomic E-state index is 5.45. The second kappa shape index (κ2) is 5.78. The van der Waals surface area contributed by atoms with Crippen LogP contribution in [0, 0.1) is 0 Å². The van der Waals surface area contributed by atoms with Gasteiger partial charge in [-0.1, -0.05) is 30.3 Å². The molecule has 2 rings (SSSR count). The number of hydrogen-bond donors (Lipinski definition) is 0. The lowest BCUT2D eigenvalue weighted by molar-refractivity contribution is 0.340. The molecule has 0 aliphatic carbocycles. The van der Waals surface area contributed by atoms with Crippen LogP contribution in [0.5, 0.6) is 5.75 Å². The van der Waals surface area contributed by atoms with Crippen molar-refractivity contribution >= 4 is 11.8 Å². The van der Waals surface area contributed by atoms with Gasteiger partial charge in [-0.25, -0.2) is 0 Å². The molecular formula is C15H16OS. The lowest BCUT2D eigenvalue weighted by Crippen LogP contribution is -1.90. The van der Waals surface area contributed by atoms with Crippen LogP contribution in [-0.4, -0.2) is 12.9 Å². The first kappa shape index (κ1) is 12.1. The summed E-state index contributed by atoms with van der Waals surface area (Å²) in [5, 5.41) is 0. The Balaban J connectivity index is 2.33. The van der Waals surface area contributed by atoms with Crippen LogP contribution in [-0.2, 0) is 0 Å². The molecule has 0 unspecified atom stereocenters. The summed E-state index contributed by atoms with van der Waals surface area (Å²) < 4.78 is 5.45. The fourth-order valence-electron chi connectivity index (χ4n) is 1.78. The normalized spacial score (nSPS) is 10.2. The molecule has 0 atom stereocenters. The Morgan fingerprint density at radius 2 is 1.71 bits per heavy atom. The summed E-state index contributed by atoms with van der Waals surface area (Å²) in [4.78, 5) is 1.30. The fourth-order valence-corrected chi connectivity index (χ4v) is 2.40. The van der Waals surface area contributed by atoms with Crippen molar-refractivity contribution in [1.29, 1.82) is 0 Å². The Labute approximate surface area is 107 Å². The maximum atomic E-state index is 5.45. The summed E-state index contributed by atoms with van der Waals surface area (Å²) in [5.41, 5.74) is 2.52. The van der Waals surface area contributed by atoms with Crippen molar-refractivity contribution in [3.63, 3.8) is 0 Å². The molecule has 2 heteroatoms. The second-order valence-electron chi connectivity index (χ2n) is 3.66. The van der Waals surface area contributed by atoms with Gasteiger partial charge < -0.3 is 4.74 Å². The number of hydrogen-bond acceptors (Lipinski definition) is 2. The van der Waals surface area contributed by atoms with E-state index in [-0.39, 0.29) is 0 Å². The topological polar surface area (TPSA) is 9.23 Å². The van der Waals surface area contributed by atoms with Crippen molar-refractivity contribution in [3.05, 3.63) is 48.5 Å². The van der Waals surface area contributed by atoms with Crippen molar-refractivity contribution in [2.24, 2.45) is 0 Å². The molecule has 0 heterocycles. The Morgan fingerprint density at radius 1 is 1.00 bits per heavy atom. The van der Waals surface area contributed by atoms with E-state index < -0.39 is 0 Å². The molecule has 0 N–H and O–H groups in total. The average molecular weight is 244 g/mol. The van der Waals surface area contributed by atoms with Gasteiger partial charge in [-0.2, -0.15) is 0 Å². The summed E-state index contributed by atoms with van der Waals surface area (Å²) >= 11 is 1.77. The highest BCUT2D eigenvalue weighted by molar-refractivity contribution is 7.98. The van der Waals surface area contributed by atoms with Gasteiger partial charge in [-0.3, -0.25) is 0 Å². The van der Waals surface area contributed by atoms with Crippen LogP contribution >= 0.6 is 11.8 Å². The van der Waals surface area contributed by atoms with Gasteiger partial charge in [0.05, 0.1) is 6.61 Å². The smallest absolute Gasteiger partial charge is 0.119 e. The minimum absolute atomic E-state index is 0.709. The number of ether oxygens (including phenoxy) is 1. The third-order valence-electron chi connectivity index (χ3n) is 2.58. The molecule has 0 fully saturated rings. The van der Waals surface area contributed by atoms with Gasteiger partial charge in [0.1, 0.15) is 5.75 Å². The standard InChI is InChI=1S/C15H16OS/c1-3-16-13-10-8-12(9-11-13)14-6-4-5-7-15(14)17-2/h4-11H,3H2,1-2H3. The molecule has 0 saturated heterocycles. The van der Waals surface area contributed by atoms with Crippen LogP contribution in [0.2, 0.25) is 0 Å². The molecular weight excluding hydrogens is 228 g/mol. The first-order chi connectivity index (χ1) is 8.35. The van der Waals surface area contributed by atoms with E-state index in [1.54, 1.807) is 11.8 Å². The Hall–Kier alpha value is -1.41. The maximum Gasteiger partial charge on any atom is 0.119 e. The predicted octanol–water partition coefficient (Wildman–Crippen LogP) is 4.47. The van der Waals surface area contributed by atoms with E-state index in [9.17, 15) is 0 Å². The molecule has 0 radical (unpaired) electrons. The van der Waals surface area contributed by atoms with E-state index in [1.807, 2.05) is 19.1 Å². The van der Waals surface area contributed by atoms with Crippen molar-refractivity contribution in [3.8, 4) is 16.9 Å². The molecule has 0 spiro atoms. The van der Waals surface area contributed by atoms with Crippen molar-refractivity contribution in [1.82, 2.24) is 0 Å². The zero-order valence-corrected chi connectivity index (χ0v) is 11.0. The highest BCUT2D eigenvalue weighted by Crippen LogP contribution is 2.30. The van der Waals surface area contributed by atoms with Crippen LogP contribution in [0.1, 0.15) is 6.92 Å². The number of thioether (sulfide) groups is 1. The Bertz CT molecular complexity index is 477. The van der Waals surface area contributed by atoms with Gasteiger partial charge >= 0.3 is 0 Å². The minimum atomic E-state index is 0.709. The summed E-state index contributed by atoms with van der Waals surface area (Å²) in [5.74, 6) is 0.929. The quantitative estimate of drug-likeness (QED) is 0.734. The summed E-state index contributed by atoms with van der Waals surface area (Å²) in [7, 11) is 0. The van der Waals surface area contributed by atoms with Crippen LogP contribution < -0.4 is 4.74 Å². The molecule has 0 amide bonds. The van der Waals surface area contributed by atoms with Crippen molar-refractivity contribution in [2.45, 2.75) is 11.8 Å².